The monoisotopic (exact) mass is 384 g/mol. The third-order valence-corrected chi connectivity index (χ3v) is 4.49. The predicted molar refractivity (Wildman–Crippen MR) is 98.4 cm³/mol. The molecule has 7 heteroatoms. The van der Waals surface area contributed by atoms with Gasteiger partial charge in [0, 0.05) is 11.1 Å². The number of benzene rings is 2. The first-order chi connectivity index (χ1) is 13.4. The first kappa shape index (κ1) is 18.2. The number of hydrogen-bond donors (Lipinski definition) is 1. The molecule has 2 heterocycles. The summed E-state index contributed by atoms with van der Waals surface area (Å²) in [5.74, 6) is -3.27. The molecule has 0 spiro atoms. The van der Waals surface area contributed by atoms with E-state index in [0.29, 0.717) is 5.56 Å². The molecular formula is C21H15F3N2O2. The Labute approximate surface area is 158 Å². The fourth-order valence-corrected chi connectivity index (χ4v) is 2.93. The molecule has 4 nitrogen and oxygen atoms in total. The van der Waals surface area contributed by atoms with E-state index >= 15 is 0 Å². The molecular weight excluding hydrogens is 369 g/mol. The quantitative estimate of drug-likeness (QED) is 0.706. The van der Waals surface area contributed by atoms with E-state index in [1.165, 1.54) is 0 Å². The van der Waals surface area contributed by atoms with Crippen LogP contribution < -0.4 is 0 Å². The number of alkyl halides is 3. The molecule has 3 aromatic rings. The van der Waals surface area contributed by atoms with Crippen molar-refractivity contribution in [3.8, 4) is 22.5 Å². The minimum atomic E-state index is -4.92. The van der Waals surface area contributed by atoms with Crippen LogP contribution >= 0.6 is 0 Å². The first-order valence-electron chi connectivity index (χ1n) is 8.53. The Morgan fingerprint density at radius 3 is 1.93 bits per heavy atom. The topological polar surface area (TPSA) is 54.7 Å². The highest BCUT2D eigenvalue weighted by molar-refractivity contribution is 6.01. The van der Waals surface area contributed by atoms with Crippen molar-refractivity contribution >= 4 is 5.71 Å². The fraction of sp³-hybridized carbons (Fsp3) is 0.143. The van der Waals surface area contributed by atoms with Crippen molar-refractivity contribution in [3.05, 3.63) is 78.4 Å². The van der Waals surface area contributed by atoms with Gasteiger partial charge in [-0.05, 0) is 17.7 Å². The summed E-state index contributed by atoms with van der Waals surface area (Å²) in [6, 6.07) is 22.2. The van der Waals surface area contributed by atoms with E-state index in [-0.39, 0.29) is 5.71 Å². The maximum atomic E-state index is 12.8. The lowest BCUT2D eigenvalue weighted by atomic mass is 10.0. The van der Waals surface area contributed by atoms with Crippen LogP contribution in [-0.2, 0) is 4.84 Å². The standard InChI is InChI=1S/C21H15F3N2O2/c22-21(23,24)20(27)13-19(26-28-20)16-11-9-15(10-12-16)18-8-4-7-17(25-18)14-5-2-1-3-6-14/h1-12,27H,13H2. The number of nitrogens with zero attached hydrogens (tertiary/aromatic N) is 2. The van der Waals surface area contributed by atoms with Gasteiger partial charge < -0.3 is 9.94 Å². The maximum absolute atomic E-state index is 12.8. The molecule has 1 unspecified atom stereocenters. The maximum Gasteiger partial charge on any atom is 0.458 e. The summed E-state index contributed by atoms with van der Waals surface area (Å²) in [6.45, 7) is 0. The number of aromatic nitrogens is 1. The van der Waals surface area contributed by atoms with Crippen LogP contribution in [0.25, 0.3) is 22.5 Å². The Bertz CT molecular complexity index is 1020. The van der Waals surface area contributed by atoms with Gasteiger partial charge in [-0.15, -0.1) is 0 Å². The third-order valence-electron chi connectivity index (χ3n) is 4.49. The normalized spacial score (nSPS) is 19.2. The van der Waals surface area contributed by atoms with E-state index in [4.69, 9.17) is 0 Å². The van der Waals surface area contributed by atoms with Gasteiger partial charge in [-0.3, -0.25) is 0 Å². The molecule has 2 aromatic carbocycles. The summed E-state index contributed by atoms with van der Waals surface area (Å²) in [5, 5.41) is 13.0. The van der Waals surface area contributed by atoms with Gasteiger partial charge in [0.15, 0.2) is 0 Å². The van der Waals surface area contributed by atoms with E-state index in [0.717, 1.165) is 22.5 Å². The summed E-state index contributed by atoms with van der Waals surface area (Å²) in [4.78, 5) is 8.91. The molecule has 142 valence electrons. The SMILES string of the molecule is OC1(C(F)(F)F)CC(c2ccc(-c3cccc(-c4ccccc4)n3)cc2)=NO1. The molecule has 1 N–H and O–H groups in total. The zero-order chi connectivity index (χ0) is 19.8. The van der Waals surface area contributed by atoms with Crippen molar-refractivity contribution in [2.24, 2.45) is 5.16 Å². The highest BCUT2D eigenvalue weighted by Crippen LogP contribution is 2.39. The van der Waals surface area contributed by atoms with Gasteiger partial charge in [-0.25, -0.2) is 4.98 Å². The molecule has 1 aromatic heterocycles. The molecule has 0 saturated heterocycles. The zero-order valence-electron chi connectivity index (χ0n) is 14.5. The second-order valence-corrected chi connectivity index (χ2v) is 6.44. The van der Waals surface area contributed by atoms with Crippen LogP contribution in [0.15, 0.2) is 78.0 Å². The van der Waals surface area contributed by atoms with E-state index in [9.17, 15) is 18.3 Å². The van der Waals surface area contributed by atoms with Crippen molar-refractivity contribution < 1.29 is 23.1 Å². The van der Waals surface area contributed by atoms with Crippen LogP contribution in [0, 0.1) is 0 Å². The van der Waals surface area contributed by atoms with Crippen LogP contribution in [0.1, 0.15) is 12.0 Å². The first-order valence-corrected chi connectivity index (χ1v) is 8.53. The Morgan fingerprint density at radius 1 is 0.786 bits per heavy atom. The molecule has 1 atom stereocenters. The van der Waals surface area contributed by atoms with Crippen molar-refractivity contribution in [1.82, 2.24) is 4.98 Å². The Morgan fingerprint density at radius 2 is 1.36 bits per heavy atom. The van der Waals surface area contributed by atoms with E-state index in [1.807, 2.05) is 48.5 Å². The Hall–Kier alpha value is -3.19. The summed E-state index contributed by atoms with van der Waals surface area (Å²) >= 11 is 0. The number of oxime groups is 1. The molecule has 4 rings (SSSR count). The molecule has 1 aliphatic rings. The van der Waals surface area contributed by atoms with Gasteiger partial charge in [-0.1, -0.05) is 65.8 Å². The van der Waals surface area contributed by atoms with Crippen LogP contribution in [0.3, 0.4) is 0 Å². The van der Waals surface area contributed by atoms with Crippen LogP contribution in [0.5, 0.6) is 0 Å². The van der Waals surface area contributed by atoms with Gasteiger partial charge >= 0.3 is 12.0 Å². The molecule has 1 aliphatic heterocycles. The minimum absolute atomic E-state index is 0.0392. The number of pyridine rings is 1. The molecule has 0 aliphatic carbocycles. The zero-order valence-corrected chi connectivity index (χ0v) is 14.5. The summed E-state index contributed by atoms with van der Waals surface area (Å²) in [6.07, 6.45) is -5.67. The highest BCUT2D eigenvalue weighted by Gasteiger charge is 2.60. The summed E-state index contributed by atoms with van der Waals surface area (Å²) in [7, 11) is 0. The Balaban J connectivity index is 1.57. The lowest BCUT2D eigenvalue weighted by molar-refractivity contribution is -0.355. The number of halogens is 3. The lowest BCUT2D eigenvalue weighted by Gasteiger charge is -2.22. The van der Waals surface area contributed by atoms with Gasteiger partial charge in [0.1, 0.15) is 0 Å². The van der Waals surface area contributed by atoms with Gasteiger partial charge in [-0.2, -0.15) is 13.2 Å². The van der Waals surface area contributed by atoms with Crippen LogP contribution in [0.2, 0.25) is 0 Å². The van der Waals surface area contributed by atoms with Gasteiger partial charge in [0.25, 0.3) is 0 Å². The summed E-state index contributed by atoms with van der Waals surface area (Å²) < 4.78 is 38.5. The lowest BCUT2D eigenvalue weighted by Crippen LogP contribution is -2.45. The van der Waals surface area contributed by atoms with Crippen molar-refractivity contribution in [2.45, 2.75) is 18.4 Å². The minimum Gasteiger partial charge on any atom is -0.350 e. The average molecular weight is 384 g/mol. The average Bonchev–Trinajstić information content (AvgIpc) is 3.13. The van der Waals surface area contributed by atoms with Crippen molar-refractivity contribution in [1.29, 1.82) is 0 Å². The largest absolute Gasteiger partial charge is 0.458 e. The fourth-order valence-electron chi connectivity index (χ4n) is 2.93. The van der Waals surface area contributed by atoms with Gasteiger partial charge in [0.2, 0.25) is 0 Å². The van der Waals surface area contributed by atoms with Crippen LogP contribution in [0.4, 0.5) is 13.2 Å². The second kappa shape index (κ2) is 6.76. The number of hydrogen-bond acceptors (Lipinski definition) is 4. The molecule has 0 bridgehead atoms. The smallest absolute Gasteiger partial charge is 0.350 e. The third kappa shape index (κ3) is 3.36. The predicted octanol–water partition coefficient (Wildman–Crippen LogP) is 4.79. The second-order valence-electron chi connectivity index (χ2n) is 6.44. The highest BCUT2D eigenvalue weighted by atomic mass is 19.4. The molecule has 0 saturated carbocycles. The molecule has 0 radical (unpaired) electrons. The molecule has 0 fully saturated rings. The Kier molecular flexibility index (Phi) is 4.39. The van der Waals surface area contributed by atoms with Gasteiger partial charge in [0.05, 0.1) is 23.5 Å². The molecule has 0 amide bonds. The van der Waals surface area contributed by atoms with Crippen LogP contribution in [-0.4, -0.2) is 27.8 Å². The van der Waals surface area contributed by atoms with E-state index in [2.05, 4.69) is 15.0 Å². The molecule has 28 heavy (non-hydrogen) atoms. The van der Waals surface area contributed by atoms with Crippen molar-refractivity contribution in [2.75, 3.05) is 0 Å². The van der Waals surface area contributed by atoms with E-state index in [1.54, 1.807) is 24.3 Å². The van der Waals surface area contributed by atoms with Crippen molar-refractivity contribution in [3.63, 3.8) is 0 Å². The summed E-state index contributed by atoms with van der Waals surface area (Å²) in [5.41, 5.74) is 3.85. The number of aliphatic hydroxyl groups is 1. The number of rotatable bonds is 3. The van der Waals surface area contributed by atoms with E-state index < -0.39 is 18.4 Å².